The van der Waals surface area contributed by atoms with Crippen molar-refractivity contribution in [2.24, 2.45) is 5.16 Å². The van der Waals surface area contributed by atoms with Gasteiger partial charge in [0.15, 0.2) is 5.60 Å². The van der Waals surface area contributed by atoms with Crippen molar-refractivity contribution < 1.29 is 19.5 Å². The molecule has 3 aliphatic rings. The first-order chi connectivity index (χ1) is 17.9. The number of aromatic nitrogens is 2. The van der Waals surface area contributed by atoms with Crippen LogP contribution in [0.25, 0.3) is 22.3 Å². The minimum atomic E-state index is -1.84. The summed E-state index contributed by atoms with van der Waals surface area (Å²) in [6.07, 6.45) is 3.82. The van der Waals surface area contributed by atoms with Gasteiger partial charge in [-0.15, -0.1) is 0 Å². The van der Waals surface area contributed by atoms with Crippen LogP contribution in [-0.2, 0) is 33.1 Å². The van der Waals surface area contributed by atoms with Crippen LogP contribution in [0.5, 0.6) is 0 Å². The van der Waals surface area contributed by atoms with Crippen LogP contribution in [0, 0.1) is 0 Å². The van der Waals surface area contributed by atoms with E-state index in [0.717, 1.165) is 53.7 Å². The van der Waals surface area contributed by atoms with Crippen molar-refractivity contribution in [3.8, 4) is 11.4 Å². The molecule has 0 aliphatic carbocycles. The van der Waals surface area contributed by atoms with Gasteiger partial charge in [-0.3, -0.25) is 4.79 Å². The zero-order valence-corrected chi connectivity index (χ0v) is 21.3. The van der Waals surface area contributed by atoms with Gasteiger partial charge in [0.05, 0.1) is 35.2 Å². The van der Waals surface area contributed by atoms with E-state index >= 15 is 0 Å². The minimum absolute atomic E-state index is 0.117. The van der Waals surface area contributed by atoms with Gasteiger partial charge >= 0.3 is 5.97 Å². The number of carbonyl (C=O) groups is 1. The zero-order valence-electron chi connectivity index (χ0n) is 21.3. The maximum Gasteiger partial charge on any atom is 0.343 e. The second-order valence-corrected chi connectivity index (χ2v) is 10.2. The number of cyclic esters (lactones) is 1. The normalized spacial score (nSPS) is 21.7. The number of aliphatic hydroxyl groups is 1. The number of oxime groups is 1. The molecule has 0 unspecified atom stereocenters. The SMILES string of the molecule is CC[C@@]1(O)C(=O)OCc2c1cc1n(c2=O)Cc2c-1nc1ccc(C=NOC)cc1c2C1CCN(C)CC1. The molecule has 2 aromatic heterocycles. The highest BCUT2D eigenvalue weighted by Crippen LogP contribution is 2.44. The molecule has 9 nitrogen and oxygen atoms in total. The second kappa shape index (κ2) is 8.78. The van der Waals surface area contributed by atoms with Gasteiger partial charge in [0.1, 0.15) is 13.7 Å². The molecule has 1 saturated heterocycles. The number of likely N-dealkylation sites (tertiary alicyclic amines) is 1. The van der Waals surface area contributed by atoms with E-state index in [1.54, 1.807) is 23.8 Å². The number of nitrogens with zero attached hydrogens (tertiary/aromatic N) is 4. The third kappa shape index (κ3) is 3.59. The summed E-state index contributed by atoms with van der Waals surface area (Å²) < 4.78 is 6.94. The fourth-order valence-corrected chi connectivity index (χ4v) is 6.09. The zero-order chi connectivity index (χ0) is 25.9. The summed E-state index contributed by atoms with van der Waals surface area (Å²) in [6.45, 7) is 3.97. The van der Waals surface area contributed by atoms with E-state index in [-0.39, 0.29) is 18.6 Å². The van der Waals surface area contributed by atoms with E-state index in [9.17, 15) is 14.7 Å². The molecule has 9 heteroatoms. The van der Waals surface area contributed by atoms with Gasteiger partial charge < -0.3 is 24.1 Å². The van der Waals surface area contributed by atoms with Crippen LogP contribution in [0.3, 0.4) is 0 Å². The monoisotopic (exact) mass is 502 g/mol. The first kappa shape index (κ1) is 23.8. The summed E-state index contributed by atoms with van der Waals surface area (Å²) >= 11 is 0. The molecule has 6 rings (SSSR count). The van der Waals surface area contributed by atoms with Crippen LogP contribution in [0.2, 0.25) is 0 Å². The Labute approximate surface area is 214 Å². The van der Waals surface area contributed by atoms with Crippen LogP contribution in [-0.4, -0.2) is 59.0 Å². The number of pyridine rings is 2. The Bertz CT molecular complexity index is 1520. The van der Waals surface area contributed by atoms with E-state index in [4.69, 9.17) is 14.6 Å². The number of benzene rings is 1. The topological polar surface area (TPSA) is 106 Å². The first-order valence-corrected chi connectivity index (χ1v) is 12.7. The molecule has 1 fully saturated rings. The van der Waals surface area contributed by atoms with E-state index < -0.39 is 11.6 Å². The summed E-state index contributed by atoms with van der Waals surface area (Å²) in [5.41, 5.74) is 3.99. The number of rotatable bonds is 4. The van der Waals surface area contributed by atoms with Crippen LogP contribution < -0.4 is 5.56 Å². The van der Waals surface area contributed by atoms with Crippen molar-refractivity contribution in [3.63, 3.8) is 0 Å². The maximum atomic E-state index is 13.7. The molecule has 5 heterocycles. The second-order valence-electron chi connectivity index (χ2n) is 10.2. The van der Waals surface area contributed by atoms with E-state index in [2.05, 4.69) is 23.2 Å². The number of piperidine rings is 1. The molecule has 0 radical (unpaired) electrons. The Morgan fingerprint density at radius 3 is 2.76 bits per heavy atom. The molecule has 3 aromatic rings. The lowest BCUT2D eigenvalue weighted by atomic mass is 9.83. The Morgan fingerprint density at radius 2 is 2.03 bits per heavy atom. The Morgan fingerprint density at radius 1 is 1.24 bits per heavy atom. The quantitative estimate of drug-likeness (QED) is 0.260. The summed E-state index contributed by atoms with van der Waals surface area (Å²) in [7, 11) is 3.66. The molecule has 0 spiro atoms. The molecule has 1 N–H and O–H groups in total. The summed E-state index contributed by atoms with van der Waals surface area (Å²) in [4.78, 5) is 38.4. The highest BCUT2D eigenvalue weighted by Gasteiger charge is 2.45. The highest BCUT2D eigenvalue weighted by atomic mass is 16.6. The predicted octanol–water partition coefficient (Wildman–Crippen LogP) is 2.87. The number of hydrogen-bond donors (Lipinski definition) is 1. The molecule has 1 atom stereocenters. The Hall–Kier alpha value is -3.56. The number of carbonyl (C=O) groups excluding carboxylic acids is 1. The van der Waals surface area contributed by atoms with Crippen LogP contribution >= 0.6 is 0 Å². The molecule has 0 bridgehead atoms. The van der Waals surface area contributed by atoms with E-state index in [0.29, 0.717) is 29.3 Å². The lowest BCUT2D eigenvalue weighted by molar-refractivity contribution is -0.172. The van der Waals surface area contributed by atoms with E-state index in [1.807, 2.05) is 12.1 Å². The van der Waals surface area contributed by atoms with Gasteiger partial charge in [-0.1, -0.05) is 18.1 Å². The smallest absolute Gasteiger partial charge is 0.343 e. The summed E-state index contributed by atoms with van der Waals surface area (Å²) in [5.74, 6) is -0.393. The average molecular weight is 503 g/mol. The van der Waals surface area contributed by atoms with Crippen molar-refractivity contribution in [3.05, 3.63) is 62.4 Å². The van der Waals surface area contributed by atoms with Crippen LogP contribution in [0.1, 0.15) is 59.9 Å². The van der Waals surface area contributed by atoms with Gasteiger partial charge in [0.25, 0.3) is 5.56 Å². The summed E-state index contributed by atoms with van der Waals surface area (Å²) in [5, 5.41) is 16.2. The highest BCUT2D eigenvalue weighted by molar-refractivity contribution is 5.94. The molecule has 192 valence electrons. The van der Waals surface area contributed by atoms with Crippen LogP contribution in [0.15, 0.2) is 34.2 Å². The third-order valence-electron chi connectivity index (χ3n) is 8.19. The lowest BCUT2D eigenvalue weighted by Crippen LogP contribution is -2.44. The number of hydrogen-bond acceptors (Lipinski definition) is 8. The van der Waals surface area contributed by atoms with Crippen molar-refractivity contribution in [1.29, 1.82) is 0 Å². The van der Waals surface area contributed by atoms with Crippen molar-refractivity contribution >= 4 is 23.1 Å². The Balaban J connectivity index is 1.60. The van der Waals surface area contributed by atoms with Crippen molar-refractivity contribution in [2.75, 3.05) is 27.2 Å². The van der Waals surface area contributed by atoms with Crippen molar-refractivity contribution in [2.45, 2.75) is 50.9 Å². The first-order valence-electron chi connectivity index (χ1n) is 12.7. The molecular weight excluding hydrogens is 472 g/mol. The standard InChI is InChI=1S/C28H30N4O5/c1-4-28(35)21-12-23-25-19(14-32(23)26(33)20(21)15-37-27(28)34)24(17-7-9-31(2)10-8-17)18-11-16(13-29-36-3)5-6-22(18)30-25/h5-6,11-13,17,35H,4,7-10,14-15H2,1-3H3/t28-/m0/s1. The fourth-order valence-electron chi connectivity index (χ4n) is 6.09. The Kier molecular flexibility index (Phi) is 5.65. The van der Waals surface area contributed by atoms with Gasteiger partial charge in [0.2, 0.25) is 0 Å². The third-order valence-corrected chi connectivity index (χ3v) is 8.19. The minimum Gasteiger partial charge on any atom is -0.458 e. The summed E-state index contributed by atoms with van der Waals surface area (Å²) in [6, 6.07) is 7.80. The molecule has 0 saturated carbocycles. The lowest BCUT2D eigenvalue weighted by Gasteiger charge is -2.31. The molecular formula is C28H30N4O5. The average Bonchev–Trinajstić information content (AvgIpc) is 3.27. The van der Waals surface area contributed by atoms with Gasteiger partial charge in [0, 0.05) is 16.5 Å². The molecule has 1 aromatic carbocycles. The van der Waals surface area contributed by atoms with Crippen molar-refractivity contribution in [1.82, 2.24) is 14.5 Å². The van der Waals surface area contributed by atoms with Gasteiger partial charge in [-0.05, 0) is 74.6 Å². The van der Waals surface area contributed by atoms with Gasteiger partial charge in [-0.2, -0.15) is 0 Å². The maximum absolute atomic E-state index is 13.7. The predicted molar refractivity (Wildman–Crippen MR) is 139 cm³/mol. The van der Waals surface area contributed by atoms with E-state index in [1.165, 1.54) is 12.7 Å². The number of ether oxygens (including phenoxy) is 1. The molecule has 3 aliphatic heterocycles. The fraction of sp³-hybridized carbons (Fsp3) is 0.429. The molecule has 37 heavy (non-hydrogen) atoms. The van der Waals surface area contributed by atoms with Gasteiger partial charge in [-0.25, -0.2) is 9.78 Å². The molecule has 0 amide bonds. The number of fused-ring (bicyclic) bond motifs is 5. The van der Waals surface area contributed by atoms with Crippen LogP contribution in [0.4, 0.5) is 0 Å². The largest absolute Gasteiger partial charge is 0.458 e. The number of esters is 1.